The van der Waals surface area contributed by atoms with Gasteiger partial charge in [-0.25, -0.2) is 4.39 Å². The number of hydrogen-bond donors (Lipinski definition) is 2. The summed E-state index contributed by atoms with van der Waals surface area (Å²) in [6.07, 6.45) is 0. The monoisotopic (exact) mass is 354 g/mol. The quantitative estimate of drug-likeness (QED) is 0.480. The van der Waals surface area contributed by atoms with Crippen molar-refractivity contribution in [3.05, 3.63) is 63.9 Å². The van der Waals surface area contributed by atoms with Gasteiger partial charge in [-0.3, -0.25) is 11.3 Å². The van der Waals surface area contributed by atoms with Crippen LogP contribution >= 0.6 is 27.7 Å². The van der Waals surface area contributed by atoms with Gasteiger partial charge in [0.25, 0.3) is 0 Å². The van der Waals surface area contributed by atoms with Crippen LogP contribution < -0.4 is 11.3 Å². The first-order valence-electron chi connectivity index (χ1n) is 6.20. The van der Waals surface area contributed by atoms with Crippen LogP contribution in [0.3, 0.4) is 0 Å². The van der Waals surface area contributed by atoms with Gasteiger partial charge in [-0.2, -0.15) is 0 Å². The van der Waals surface area contributed by atoms with Crippen LogP contribution in [0, 0.1) is 12.7 Å². The van der Waals surface area contributed by atoms with Gasteiger partial charge in [0, 0.05) is 15.1 Å². The van der Waals surface area contributed by atoms with Crippen molar-refractivity contribution in [1.29, 1.82) is 0 Å². The van der Waals surface area contributed by atoms with Gasteiger partial charge >= 0.3 is 0 Å². The summed E-state index contributed by atoms with van der Waals surface area (Å²) in [7, 11) is 0. The first-order valence-corrected chi connectivity index (χ1v) is 7.98. The molecule has 0 aliphatic heterocycles. The Morgan fingerprint density at radius 1 is 1.30 bits per heavy atom. The summed E-state index contributed by atoms with van der Waals surface area (Å²) in [6, 6.07) is 12.9. The van der Waals surface area contributed by atoms with Gasteiger partial charge in [-0.1, -0.05) is 28.1 Å². The molecule has 2 nitrogen and oxygen atoms in total. The van der Waals surface area contributed by atoms with Crippen molar-refractivity contribution in [2.45, 2.75) is 17.9 Å². The van der Waals surface area contributed by atoms with Crippen molar-refractivity contribution in [2.24, 2.45) is 5.84 Å². The highest BCUT2D eigenvalue weighted by molar-refractivity contribution is 9.10. The molecule has 0 fully saturated rings. The summed E-state index contributed by atoms with van der Waals surface area (Å²) >= 11 is 5.16. The number of nitrogens with two attached hydrogens (primary N) is 1. The molecule has 0 heterocycles. The number of thioether (sulfide) groups is 1. The Hall–Kier alpha value is -0.880. The van der Waals surface area contributed by atoms with Gasteiger partial charge in [-0.05, 0) is 48.4 Å². The van der Waals surface area contributed by atoms with E-state index in [0.717, 1.165) is 21.4 Å². The average molecular weight is 355 g/mol. The summed E-state index contributed by atoms with van der Waals surface area (Å²) in [5, 5.41) is 0. The van der Waals surface area contributed by atoms with E-state index < -0.39 is 0 Å². The highest BCUT2D eigenvalue weighted by Gasteiger charge is 2.13. The molecule has 3 N–H and O–H groups in total. The Morgan fingerprint density at radius 2 is 2.10 bits per heavy atom. The average Bonchev–Trinajstić information content (AvgIpc) is 2.41. The lowest BCUT2D eigenvalue weighted by atomic mass is 10.0. The summed E-state index contributed by atoms with van der Waals surface area (Å²) in [4.78, 5) is 1.17. The summed E-state index contributed by atoms with van der Waals surface area (Å²) in [5.41, 5.74) is 4.74. The van der Waals surface area contributed by atoms with Gasteiger partial charge in [0.05, 0.1) is 6.04 Å². The van der Waals surface area contributed by atoms with Crippen molar-refractivity contribution in [3.8, 4) is 0 Å². The molecule has 0 spiro atoms. The van der Waals surface area contributed by atoms with Gasteiger partial charge in [0.15, 0.2) is 0 Å². The third kappa shape index (κ3) is 4.06. The Bertz CT molecular complexity index is 592. The van der Waals surface area contributed by atoms with Crippen molar-refractivity contribution >= 4 is 27.7 Å². The lowest BCUT2D eigenvalue weighted by molar-refractivity contribution is 0.597. The van der Waals surface area contributed by atoms with Crippen molar-refractivity contribution in [1.82, 2.24) is 5.43 Å². The first-order chi connectivity index (χ1) is 9.60. The zero-order valence-corrected chi connectivity index (χ0v) is 13.5. The molecule has 20 heavy (non-hydrogen) atoms. The zero-order valence-electron chi connectivity index (χ0n) is 11.1. The number of benzene rings is 2. The molecule has 0 aromatic heterocycles. The number of halogens is 2. The van der Waals surface area contributed by atoms with Crippen LogP contribution in [0.1, 0.15) is 17.2 Å². The molecule has 2 rings (SSSR count). The third-order valence-corrected chi connectivity index (χ3v) is 4.60. The van der Waals surface area contributed by atoms with Gasteiger partial charge in [-0.15, -0.1) is 11.8 Å². The number of hydrogen-bond acceptors (Lipinski definition) is 3. The van der Waals surface area contributed by atoms with Gasteiger partial charge in [0.1, 0.15) is 5.82 Å². The zero-order chi connectivity index (χ0) is 14.5. The second kappa shape index (κ2) is 7.22. The minimum atomic E-state index is -0.221. The fraction of sp³-hybridized carbons (Fsp3) is 0.200. The maximum atomic E-state index is 13.1. The molecule has 0 radical (unpaired) electrons. The Morgan fingerprint density at radius 3 is 2.75 bits per heavy atom. The smallest absolute Gasteiger partial charge is 0.123 e. The molecule has 106 valence electrons. The molecular formula is C15H16BrFN2S. The maximum Gasteiger partial charge on any atom is 0.123 e. The van der Waals surface area contributed by atoms with E-state index in [9.17, 15) is 4.39 Å². The first kappa shape index (κ1) is 15.5. The second-order valence-corrected chi connectivity index (χ2v) is 6.50. The standard InChI is InChI=1S/C15H16BrFN2S/c1-10-7-12(17)5-6-14(10)15(19-18)9-20-13-4-2-3-11(16)8-13/h2-8,15,19H,9,18H2,1H3. The van der Waals surface area contributed by atoms with Crippen LogP contribution in [0.25, 0.3) is 0 Å². The highest BCUT2D eigenvalue weighted by Crippen LogP contribution is 2.28. The van der Waals surface area contributed by atoms with Crippen LogP contribution in [0.15, 0.2) is 51.8 Å². The Balaban J connectivity index is 2.09. The predicted molar refractivity (Wildman–Crippen MR) is 86.1 cm³/mol. The van der Waals surface area contributed by atoms with E-state index in [4.69, 9.17) is 5.84 Å². The SMILES string of the molecule is Cc1cc(F)ccc1C(CSc1cccc(Br)c1)NN. The lowest BCUT2D eigenvalue weighted by Gasteiger charge is -2.18. The molecule has 0 aliphatic rings. The molecule has 1 unspecified atom stereocenters. The Kier molecular flexibility index (Phi) is 5.60. The van der Waals surface area contributed by atoms with Crippen LogP contribution in [0.4, 0.5) is 4.39 Å². The molecular weight excluding hydrogens is 339 g/mol. The summed E-state index contributed by atoms with van der Waals surface area (Å²) < 4.78 is 14.2. The fourth-order valence-electron chi connectivity index (χ4n) is 1.99. The van der Waals surface area contributed by atoms with Crippen LogP contribution in [-0.2, 0) is 0 Å². The fourth-order valence-corrected chi connectivity index (χ4v) is 3.56. The molecule has 1 atom stereocenters. The third-order valence-electron chi connectivity index (χ3n) is 3.02. The minimum Gasteiger partial charge on any atom is -0.271 e. The van der Waals surface area contributed by atoms with E-state index in [0.29, 0.717) is 0 Å². The van der Waals surface area contributed by atoms with Crippen molar-refractivity contribution < 1.29 is 4.39 Å². The van der Waals surface area contributed by atoms with Crippen molar-refractivity contribution in [2.75, 3.05) is 5.75 Å². The highest BCUT2D eigenvalue weighted by atomic mass is 79.9. The van der Waals surface area contributed by atoms with E-state index in [1.807, 2.05) is 19.1 Å². The summed E-state index contributed by atoms with van der Waals surface area (Å²) in [5.74, 6) is 6.20. The van der Waals surface area contributed by atoms with Gasteiger partial charge < -0.3 is 0 Å². The van der Waals surface area contributed by atoms with E-state index in [1.54, 1.807) is 17.8 Å². The van der Waals surface area contributed by atoms with E-state index >= 15 is 0 Å². The number of hydrazine groups is 1. The molecule has 0 bridgehead atoms. The number of aryl methyl sites for hydroxylation is 1. The molecule has 2 aromatic carbocycles. The second-order valence-electron chi connectivity index (χ2n) is 4.49. The predicted octanol–water partition coefficient (Wildman–Crippen LogP) is 4.19. The van der Waals surface area contributed by atoms with Crippen LogP contribution in [0.2, 0.25) is 0 Å². The minimum absolute atomic E-state index is 0.0143. The molecule has 0 saturated heterocycles. The van der Waals surface area contributed by atoms with Crippen LogP contribution in [-0.4, -0.2) is 5.75 Å². The largest absolute Gasteiger partial charge is 0.271 e. The molecule has 0 amide bonds. The van der Waals surface area contributed by atoms with Crippen molar-refractivity contribution in [3.63, 3.8) is 0 Å². The maximum absolute atomic E-state index is 13.1. The van der Waals surface area contributed by atoms with E-state index in [-0.39, 0.29) is 11.9 Å². The van der Waals surface area contributed by atoms with Gasteiger partial charge in [0.2, 0.25) is 0 Å². The normalized spacial score (nSPS) is 12.4. The topological polar surface area (TPSA) is 38.0 Å². The molecule has 0 saturated carbocycles. The van der Waals surface area contributed by atoms with E-state index in [2.05, 4.69) is 33.5 Å². The molecule has 2 aromatic rings. The molecule has 0 aliphatic carbocycles. The van der Waals surface area contributed by atoms with E-state index in [1.165, 1.54) is 17.0 Å². The number of nitrogens with one attached hydrogen (secondary N) is 1. The Labute approximate surface area is 131 Å². The van der Waals surface area contributed by atoms with Crippen LogP contribution in [0.5, 0.6) is 0 Å². The number of rotatable bonds is 5. The summed E-state index contributed by atoms with van der Waals surface area (Å²) in [6.45, 7) is 1.90. The lowest BCUT2D eigenvalue weighted by Crippen LogP contribution is -2.30. The molecule has 5 heteroatoms.